The second-order valence-corrected chi connectivity index (χ2v) is 7.14. The molecule has 4 unspecified atom stereocenters. The molecule has 3 heteroatoms. The lowest BCUT2D eigenvalue weighted by Crippen LogP contribution is -2.39. The maximum atomic E-state index is 10.7. The van der Waals surface area contributed by atoms with Gasteiger partial charge in [-0.1, -0.05) is 6.42 Å². The van der Waals surface area contributed by atoms with Gasteiger partial charge in [-0.25, -0.2) is 0 Å². The maximum Gasteiger partial charge on any atom is 0.303 e. The lowest BCUT2D eigenvalue weighted by molar-refractivity contribution is -0.137. The molecule has 3 fully saturated rings. The summed E-state index contributed by atoms with van der Waals surface area (Å²) in [5.74, 6) is 3.01. The molecular formula is C16H27NO2. The molecule has 1 saturated heterocycles. The Kier molecular flexibility index (Phi) is 4.11. The minimum Gasteiger partial charge on any atom is -0.481 e. The molecule has 1 aliphatic heterocycles. The molecule has 2 bridgehead atoms. The zero-order chi connectivity index (χ0) is 13.2. The minimum atomic E-state index is -0.634. The maximum absolute atomic E-state index is 10.7. The van der Waals surface area contributed by atoms with Crippen LogP contribution < -0.4 is 0 Å². The number of hydrogen-bond acceptors (Lipinski definition) is 2. The van der Waals surface area contributed by atoms with Crippen molar-refractivity contribution in [1.82, 2.24) is 4.90 Å². The van der Waals surface area contributed by atoms with Crippen LogP contribution in [0.25, 0.3) is 0 Å². The molecule has 0 spiro atoms. The van der Waals surface area contributed by atoms with Crippen molar-refractivity contribution in [2.45, 2.75) is 51.4 Å². The molecule has 4 atom stereocenters. The highest BCUT2D eigenvalue weighted by molar-refractivity contribution is 5.66. The molecule has 2 saturated carbocycles. The summed E-state index contributed by atoms with van der Waals surface area (Å²) in [5, 5.41) is 8.80. The van der Waals surface area contributed by atoms with E-state index in [1.807, 2.05) is 0 Å². The third-order valence-electron chi connectivity index (χ3n) is 5.75. The third-order valence-corrected chi connectivity index (χ3v) is 5.75. The lowest BCUT2D eigenvalue weighted by Gasteiger charge is -2.36. The molecule has 19 heavy (non-hydrogen) atoms. The van der Waals surface area contributed by atoms with Crippen molar-refractivity contribution in [3.63, 3.8) is 0 Å². The van der Waals surface area contributed by atoms with Crippen molar-refractivity contribution in [3.8, 4) is 0 Å². The summed E-state index contributed by atoms with van der Waals surface area (Å²) in [6.45, 7) is 3.70. The van der Waals surface area contributed by atoms with Gasteiger partial charge in [-0.3, -0.25) is 4.79 Å². The van der Waals surface area contributed by atoms with E-state index in [9.17, 15) is 4.79 Å². The minimum absolute atomic E-state index is 0.354. The molecule has 1 heterocycles. The lowest BCUT2D eigenvalue weighted by atomic mass is 9.87. The van der Waals surface area contributed by atoms with Gasteiger partial charge in [0.2, 0.25) is 0 Å². The molecule has 2 aliphatic carbocycles. The SMILES string of the molecule is O=C(O)CCC1CCCN(CC2CC3CCC2C3)C1. The summed E-state index contributed by atoms with van der Waals surface area (Å²) in [5.41, 5.74) is 0. The first kappa shape index (κ1) is 13.4. The number of carboxylic acid groups (broad SMARTS) is 1. The van der Waals surface area contributed by atoms with Gasteiger partial charge in [0.25, 0.3) is 0 Å². The zero-order valence-corrected chi connectivity index (χ0v) is 11.9. The molecule has 0 aromatic heterocycles. The Balaban J connectivity index is 1.44. The van der Waals surface area contributed by atoms with Crippen LogP contribution in [-0.4, -0.2) is 35.6 Å². The predicted molar refractivity (Wildman–Crippen MR) is 75.0 cm³/mol. The van der Waals surface area contributed by atoms with Crippen molar-refractivity contribution in [2.75, 3.05) is 19.6 Å². The molecule has 3 aliphatic rings. The molecule has 0 aromatic rings. The van der Waals surface area contributed by atoms with Crippen LogP contribution in [0.3, 0.4) is 0 Å². The Labute approximate surface area is 116 Å². The van der Waals surface area contributed by atoms with Crippen molar-refractivity contribution < 1.29 is 9.90 Å². The Hall–Kier alpha value is -0.570. The first-order valence-corrected chi connectivity index (χ1v) is 8.15. The van der Waals surface area contributed by atoms with E-state index in [4.69, 9.17) is 5.11 Å². The fraction of sp³-hybridized carbons (Fsp3) is 0.938. The van der Waals surface area contributed by atoms with Gasteiger partial charge >= 0.3 is 5.97 Å². The van der Waals surface area contributed by atoms with Gasteiger partial charge in [-0.05, 0) is 68.7 Å². The quantitative estimate of drug-likeness (QED) is 0.830. The van der Waals surface area contributed by atoms with E-state index in [1.165, 1.54) is 51.6 Å². The molecular weight excluding hydrogens is 238 g/mol. The number of hydrogen-bond donors (Lipinski definition) is 1. The predicted octanol–water partition coefficient (Wildman–Crippen LogP) is 3.00. The Morgan fingerprint density at radius 2 is 2.11 bits per heavy atom. The van der Waals surface area contributed by atoms with Gasteiger partial charge in [0.15, 0.2) is 0 Å². The molecule has 3 rings (SSSR count). The summed E-state index contributed by atoms with van der Waals surface area (Å²) < 4.78 is 0. The standard InChI is InChI=1S/C16H27NO2/c18-16(19)6-4-12-2-1-7-17(10-12)11-15-9-13-3-5-14(15)8-13/h12-15H,1-11H2,(H,18,19). The Morgan fingerprint density at radius 3 is 2.79 bits per heavy atom. The first-order chi connectivity index (χ1) is 9.20. The third kappa shape index (κ3) is 3.31. The van der Waals surface area contributed by atoms with E-state index in [0.29, 0.717) is 12.3 Å². The van der Waals surface area contributed by atoms with Gasteiger partial charge < -0.3 is 10.0 Å². The highest BCUT2D eigenvalue weighted by atomic mass is 16.4. The van der Waals surface area contributed by atoms with Crippen LogP contribution in [0.2, 0.25) is 0 Å². The summed E-state index contributed by atoms with van der Waals surface area (Å²) in [4.78, 5) is 13.3. The van der Waals surface area contributed by atoms with Crippen molar-refractivity contribution in [1.29, 1.82) is 0 Å². The van der Waals surface area contributed by atoms with E-state index >= 15 is 0 Å². The van der Waals surface area contributed by atoms with Crippen LogP contribution in [-0.2, 0) is 4.79 Å². The second-order valence-electron chi connectivity index (χ2n) is 7.14. The number of aliphatic carboxylic acids is 1. The van der Waals surface area contributed by atoms with Crippen LogP contribution in [0.4, 0.5) is 0 Å². The van der Waals surface area contributed by atoms with Crippen LogP contribution in [0.15, 0.2) is 0 Å². The van der Waals surface area contributed by atoms with Crippen LogP contribution >= 0.6 is 0 Å². The number of nitrogens with zero attached hydrogens (tertiary/aromatic N) is 1. The van der Waals surface area contributed by atoms with E-state index in [1.54, 1.807) is 0 Å². The van der Waals surface area contributed by atoms with Crippen LogP contribution in [0, 0.1) is 23.7 Å². The number of likely N-dealkylation sites (tertiary alicyclic amines) is 1. The smallest absolute Gasteiger partial charge is 0.303 e. The van der Waals surface area contributed by atoms with E-state index in [0.717, 1.165) is 30.7 Å². The molecule has 1 N–H and O–H groups in total. The second kappa shape index (κ2) is 5.82. The van der Waals surface area contributed by atoms with Crippen LogP contribution in [0.5, 0.6) is 0 Å². The molecule has 0 radical (unpaired) electrons. The number of carboxylic acids is 1. The van der Waals surface area contributed by atoms with Gasteiger partial charge in [0, 0.05) is 19.5 Å². The van der Waals surface area contributed by atoms with Gasteiger partial charge in [0.1, 0.15) is 0 Å². The number of piperidine rings is 1. The van der Waals surface area contributed by atoms with E-state index in [-0.39, 0.29) is 0 Å². The van der Waals surface area contributed by atoms with Gasteiger partial charge in [0.05, 0.1) is 0 Å². The molecule has 0 amide bonds. The largest absolute Gasteiger partial charge is 0.481 e. The summed E-state index contributed by atoms with van der Waals surface area (Å²) in [7, 11) is 0. The summed E-state index contributed by atoms with van der Waals surface area (Å²) >= 11 is 0. The fourth-order valence-corrected chi connectivity index (χ4v) is 4.81. The summed E-state index contributed by atoms with van der Waals surface area (Å²) in [6.07, 6.45) is 9.68. The number of fused-ring (bicyclic) bond motifs is 2. The van der Waals surface area contributed by atoms with E-state index in [2.05, 4.69) is 4.90 Å². The van der Waals surface area contributed by atoms with Crippen molar-refractivity contribution in [3.05, 3.63) is 0 Å². The Morgan fingerprint density at radius 1 is 1.21 bits per heavy atom. The highest BCUT2D eigenvalue weighted by Crippen LogP contribution is 2.48. The number of carbonyl (C=O) groups is 1. The summed E-state index contributed by atoms with van der Waals surface area (Å²) in [6, 6.07) is 0. The topological polar surface area (TPSA) is 40.5 Å². The average Bonchev–Trinajstić information content (AvgIpc) is 2.99. The van der Waals surface area contributed by atoms with E-state index < -0.39 is 5.97 Å². The highest BCUT2D eigenvalue weighted by Gasteiger charge is 2.40. The molecule has 0 aromatic carbocycles. The van der Waals surface area contributed by atoms with Crippen molar-refractivity contribution >= 4 is 5.97 Å². The monoisotopic (exact) mass is 265 g/mol. The first-order valence-electron chi connectivity index (χ1n) is 8.15. The number of rotatable bonds is 5. The average molecular weight is 265 g/mol. The van der Waals surface area contributed by atoms with Gasteiger partial charge in [-0.2, -0.15) is 0 Å². The zero-order valence-electron chi connectivity index (χ0n) is 11.9. The fourth-order valence-electron chi connectivity index (χ4n) is 4.81. The molecule has 108 valence electrons. The normalized spacial score (nSPS) is 38.7. The van der Waals surface area contributed by atoms with Gasteiger partial charge in [-0.15, -0.1) is 0 Å². The Bertz CT molecular complexity index is 331. The van der Waals surface area contributed by atoms with Crippen molar-refractivity contribution in [2.24, 2.45) is 23.7 Å². The van der Waals surface area contributed by atoms with Crippen LogP contribution in [0.1, 0.15) is 51.4 Å². The molecule has 3 nitrogen and oxygen atoms in total.